The summed E-state index contributed by atoms with van der Waals surface area (Å²) in [5.74, 6) is -1.18. The minimum absolute atomic E-state index is 0.0412. The minimum atomic E-state index is -0.822. The van der Waals surface area contributed by atoms with Gasteiger partial charge in [-0.1, -0.05) is 6.58 Å². The number of carboxylic acid groups (broad SMARTS) is 1. The number of likely N-dealkylation sites (N-methyl/N-ethyl adjacent to an activating group) is 1. The number of rotatable bonds is 4. The zero-order valence-electron chi connectivity index (χ0n) is 8.74. The molecule has 2 N–H and O–H groups in total. The fourth-order valence-electron chi connectivity index (χ4n) is 0.432. The summed E-state index contributed by atoms with van der Waals surface area (Å²) in [5.41, 5.74) is 0. The highest BCUT2D eigenvalue weighted by Gasteiger charge is 1.96. The molecule has 5 nitrogen and oxygen atoms in total. The van der Waals surface area contributed by atoms with Gasteiger partial charge in [0.2, 0.25) is 0 Å². The average Bonchev–Trinajstić information content (AvgIpc) is 2.03. The van der Waals surface area contributed by atoms with Crippen molar-refractivity contribution < 1.29 is 19.4 Å². The van der Waals surface area contributed by atoms with Crippen LogP contribution in [0.4, 0.5) is 0 Å². The number of hydrogen-bond acceptors (Lipinski definition) is 4. The molecule has 0 fully saturated rings. The second-order valence-electron chi connectivity index (χ2n) is 2.61. The van der Waals surface area contributed by atoms with Gasteiger partial charge in [0, 0.05) is 6.08 Å². The van der Waals surface area contributed by atoms with Crippen LogP contribution in [0.15, 0.2) is 12.7 Å². The first-order valence-electron chi connectivity index (χ1n) is 4.13. The summed E-state index contributed by atoms with van der Waals surface area (Å²) >= 11 is 0. The maximum atomic E-state index is 10.3. The van der Waals surface area contributed by atoms with Crippen LogP contribution in [0.25, 0.3) is 0 Å². The molecular weight excluding hydrogens is 186 g/mol. The molecule has 0 aromatic carbocycles. The van der Waals surface area contributed by atoms with Crippen molar-refractivity contribution in [1.82, 2.24) is 5.32 Å². The summed E-state index contributed by atoms with van der Waals surface area (Å²) in [6.45, 7) is 6.87. The SMILES string of the molecule is C=CC(=O)OC(C)C.CNCC(=O)O. The van der Waals surface area contributed by atoms with Crippen LogP contribution in [0.3, 0.4) is 0 Å². The van der Waals surface area contributed by atoms with Crippen LogP contribution >= 0.6 is 0 Å². The van der Waals surface area contributed by atoms with Gasteiger partial charge in [0.1, 0.15) is 0 Å². The van der Waals surface area contributed by atoms with Gasteiger partial charge in [-0.25, -0.2) is 4.79 Å². The number of esters is 1. The Kier molecular flexibility index (Phi) is 10.5. The topological polar surface area (TPSA) is 75.6 Å². The van der Waals surface area contributed by atoms with E-state index < -0.39 is 5.97 Å². The van der Waals surface area contributed by atoms with Crippen LogP contribution in [0.1, 0.15) is 13.8 Å². The van der Waals surface area contributed by atoms with Gasteiger partial charge in [-0.3, -0.25) is 4.79 Å². The van der Waals surface area contributed by atoms with Gasteiger partial charge in [-0.05, 0) is 20.9 Å². The highest BCUT2D eigenvalue weighted by molar-refractivity contribution is 5.81. The second-order valence-corrected chi connectivity index (χ2v) is 2.61. The van der Waals surface area contributed by atoms with E-state index in [0.29, 0.717) is 0 Å². The van der Waals surface area contributed by atoms with Crippen molar-refractivity contribution in [1.29, 1.82) is 0 Å². The average molecular weight is 203 g/mol. The summed E-state index contributed by atoms with van der Waals surface area (Å²) in [6, 6.07) is 0. The van der Waals surface area contributed by atoms with Gasteiger partial charge >= 0.3 is 11.9 Å². The maximum Gasteiger partial charge on any atom is 0.330 e. The summed E-state index contributed by atoms with van der Waals surface area (Å²) in [5, 5.41) is 10.3. The van der Waals surface area contributed by atoms with Crippen LogP contribution in [0.5, 0.6) is 0 Å². The van der Waals surface area contributed by atoms with Gasteiger partial charge < -0.3 is 15.2 Å². The predicted molar refractivity (Wildman–Crippen MR) is 53.0 cm³/mol. The molecule has 0 aliphatic rings. The van der Waals surface area contributed by atoms with Crippen LogP contribution in [0.2, 0.25) is 0 Å². The molecule has 0 rings (SSSR count). The predicted octanol–water partition coefficient (Wildman–Crippen LogP) is 0.414. The Morgan fingerprint density at radius 1 is 1.57 bits per heavy atom. The maximum absolute atomic E-state index is 10.3. The zero-order chi connectivity index (χ0) is 11.6. The highest BCUT2D eigenvalue weighted by atomic mass is 16.5. The largest absolute Gasteiger partial charge is 0.480 e. The number of nitrogens with one attached hydrogen (secondary N) is 1. The third kappa shape index (κ3) is 16.9. The lowest BCUT2D eigenvalue weighted by Gasteiger charge is -2.02. The normalized spacial score (nSPS) is 8.57. The molecule has 14 heavy (non-hydrogen) atoms. The lowest BCUT2D eigenvalue weighted by Crippen LogP contribution is -2.16. The van der Waals surface area contributed by atoms with E-state index in [0.717, 1.165) is 6.08 Å². The molecule has 0 aliphatic heterocycles. The van der Waals surface area contributed by atoms with Crippen molar-refractivity contribution >= 4 is 11.9 Å². The molecule has 0 heterocycles. The lowest BCUT2D eigenvalue weighted by atomic mass is 10.5. The Labute approximate surface area is 83.8 Å². The van der Waals surface area contributed by atoms with Crippen molar-refractivity contribution in [2.24, 2.45) is 0 Å². The molecule has 0 spiro atoms. The number of aliphatic carboxylic acids is 1. The summed E-state index contributed by atoms with van der Waals surface area (Å²) in [7, 11) is 1.59. The molecule has 0 unspecified atom stereocenters. The van der Waals surface area contributed by atoms with Gasteiger partial charge in [0.15, 0.2) is 0 Å². The van der Waals surface area contributed by atoms with E-state index in [2.05, 4.69) is 16.6 Å². The quantitative estimate of drug-likeness (QED) is 0.511. The van der Waals surface area contributed by atoms with E-state index in [1.165, 1.54) is 0 Å². The fraction of sp³-hybridized carbons (Fsp3) is 0.556. The molecule has 0 saturated heterocycles. The Morgan fingerprint density at radius 2 is 2.07 bits per heavy atom. The van der Waals surface area contributed by atoms with Crippen LogP contribution in [0, 0.1) is 0 Å². The molecule has 0 aromatic heterocycles. The van der Waals surface area contributed by atoms with Crippen molar-refractivity contribution in [2.45, 2.75) is 20.0 Å². The second kappa shape index (κ2) is 9.73. The number of carbonyl (C=O) groups excluding carboxylic acids is 1. The van der Waals surface area contributed by atoms with Crippen LogP contribution in [-0.4, -0.2) is 36.7 Å². The first-order chi connectivity index (χ1) is 6.43. The Balaban J connectivity index is 0. The third-order valence-electron chi connectivity index (χ3n) is 0.847. The molecule has 5 heteroatoms. The van der Waals surface area contributed by atoms with Gasteiger partial charge in [0.25, 0.3) is 0 Å². The molecule has 0 amide bonds. The summed E-state index contributed by atoms with van der Waals surface area (Å²) < 4.78 is 4.64. The standard InChI is InChI=1S/C6H10O2.C3H7NO2/c1-4-6(7)8-5(2)3;1-4-2-3(5)6/h4-5H,1H2,2-3H3;4H,2H2,1H3,(H,5,6). The number of carbonyl (C=O) groups is 2. The lowest BCUT2D eigenvalue weighted by molar-refractivity contribution is -0.141. The van der Waals surface area contributed by atoms with Crippen LogP contribution in [-0.2, 0) is 14.3 Å². The Morgan fingerprint density at radius 3 is 2.14 bits per heavy atom. The molecule has 0 saturated carbocycles. The van der Waals surface area contributed by atoms with Crippen molar-refractivity contribution in [3.8, 4) is 0 Å². The molecule has 0 atom stereocenters. The van der Waals surface area contributed by atoms with Crippen LogP contribution < -0.4 is 5.32 Å². The Hall–Kier alpha value is -1.36. The number of hydrogen-bond donors (Lipinski definition) is 2. The molecule has 0 bridgehead atoms. The zero-order valence-corrected chi connectivity index (χ0v) is 8.74. The Bertz CT molecular complexity index is 189. The molecule has 0 radical (unpaired) electrons. The summed E-state index contributed by atoms with van der Waals surface area (Å²) in [4.78, 5) is 19.8. The third-order valence-corrected chi connectivity index (χ3v) is 0.847. The number of carboxylic acids is 1. The van der Waals surface area contributed by atoms with E-state index >= 15 is 0 Å². The van der Waals surface area contributed by atoms with E-state index in [9.17, 15) is 9.59 Å². The van der Waals surface area contributed by atoms with E-state index in [4.69, 9.17) is 5.11 Å². The van der Waals surface area contributed by atoms with E-state index in [-0.39, 0.29) is 18.6 Å². The van der Waals surface area contributed by atoms with E-state index in [1.54, 1.807) is 20.9 Å². The first kappa shape index (κ1) is 15.1. The number of ether oxygens (including phenoxy) is 1. The smallest absolute Gasteiger partial charge is 0.330 e. The van der Waals surface area contributed by atoms with Gasteiger partial charge in [0.05, 0.1) is 12.6 Å². The fourth-order valence-corrected chi connectivity index (χ4v) is 0.432. The molecule has 0 aliphatic carbocycles. The first-order valence-corrected chi connectivity index (χ1v) is 4.13. The van der Waals surface area contributed by atoms with Gasteiger partial charge in [-0.15, -0.1) is 0 Å². The van der Waals surface area contributed by atoms with Gasteiger partial charge in [-0.2, -0.15) is 0 Å². The monoisotopic (exact) mass is 203 g/mol. The molecular formula is C9H17NO4. The van der Waals surface area contributed by atoms with Crippen molar-refractivity contribution in [2.75, 3.05) is 13.6 Å². The molecule has 0 aromatic rings. The van der Waals surface area contributed by atoms with Crippen molar-refractivity contribution in [3.63, 3.8) is 0 Å². The molecule has 82 valence electrons. The van der Waals surface area contributed by atoms with Crippen molar-refractivity contribution in [3.05, 3.63) is 12.7 Å². The summed E-state index contributed by atoms with van der Waals surface area (Å²) in [6.07, 6.45) is 1.11. The minimum Gasteiger partial charge on any atom is -0.480 e. The highest BCUT2D eigenvalue weighted by Crippen LogP contribution is 1.87. The van der Waals surface area contributed by atoms with E-state index in [1.807, 2.05) is 0 Å².